The van der Waals surface area contributed by atoms with Crippen LogP contribution in [0, 0.1) is 5.92 Å². The highest BCUT2D eigenvalue weighted by Gasteiger charge is 2.36. The van der Waals surface area contributed by atoms with Gasteiger partial charge in [-0.05, 0) is 44.4 Å². The zero-order valence-corrected chi connectivity index (χ0v) is 10.1. The Hall–Kier alpha value is -0.900. The smallest absolute Gasteiger partial charge is 0.248 e. The second kappa shape index (κ2) is 5.17. The van der Waals surface area contributed by atoms with Gasteiger partial charge in [-0.25, -0.2) is 8.78 Å². The van der Waals surface area contributed by atoms with Crippen molar-refractivity contribution in [2.45, 2.75) is 44.6 Å². The first-order valence-electron chi connectivity index (χ1n) is 6.21. The van der Waals surface area contributed by atoms with E-state index in [0.29, 0.717) is 13.0 Å². The number of furan rings is 1. The topological polar surface area (TPSA) is 25.2 Å². The van der Waals surface area contributed by atoms with Crippen molar-refractivity contribution in [2.24, 2.45) is 5.92 Å². The standard InChI is InChI=1S/C13H19F2NO/c1-10(12-5-3-7-17-12)16-9-11-4-2-6-13(14,15)8-11/h3,5,7,10-11,16H,2,4,6,8-9H2,1H3/t10-,11?/m0/s1. The van der Waals surface area contributed by atoms with Gasteiger partial charge in [0.1, 0.15) is 5.76 Å². The molecule has 4 heteroatoms. The molecule has 0 saturated heterocycles. The molecule has 1 aromatic heterocycles. The Kier molecular flexibility index (Phi) is 3.82. The van der Waals surface area contributed by atoms with Gasteiger partial charge in [0.25, 0.3) is 0 Å². The molecule has 0 bridgehead atoms. The highest BCUT2D eigenvalue weighted by molar-refractivity contribution is 5.02. The molecule has 0 radical (unpaired) electrons. The van der Waals surface area contributed by atoms with Crippen molar-refractivity contribution in [3.8, 4) is 0 Å². The third-order valence-electron chi connectivity index (χ3n) is 3.42. The molecule has 0 amide bonds. The van der Waals surface area contributed by atoms with Crippen LogP contribution in [-0.2, 0) is 0 Å². The van der Waals surface area contributed by atoms with Crippen LogP contribution in [0.1, 0.15) is 44.4 Å². The molecule has 1 fully saturated rings. The van der Waals surface area contributed by atoms with Crippen molar-refractivity contribution in [3.05, 3.63) is 24.2 Å². The number of rotatable bonds is 4. The first kappa shape index (κ1) is 12.6. The molecule has 1 aromatic rings. The summed E-state index contributed by atoms with van der Waals surface area (Å²) in [5.41, 5.74) is 0. The Balaban J connectivity index is 1.78. The molecule has 1 aliphatic carbocycles. The van der Waals surface area contributed by atoms with Crippen molar-refractivity contribution in [2.75, 3.05) is 6.54 Å². The fourth-order valence-electron chi connectivity index (χ4n) is 2.43. The van der Waals surface area contributed by atoms with Crippen molar-refractivity contribution in [3.63, 3.8) is 0 Å². The average molecular weight is 243 g/mol. The number of halogens is 2. The Morgan fingerprint density at radius 2 is 2.41 bits per heavy atom. The second-order valence-electron chi connectivity index (χ2n) is 4.96. The van der Waals surface area contributed by atoms with Gasteiger partial charge in [0, 0.05) is 12.8 Å². The molecule has 0 aliphatic heterocycles. The second-order valence-corrected chi connectivity index (χ2v) is 4.96. The lowest BCUT2D eigenvalue weighted by Crippen LogP contribution is -2.33. The molecule has 1 unspecified atom stereocenters. The van der Waals surface area contributed by atoms with Crippen LogP contribution in [0.5, 0.6) is 0 Å². The number of hydrogen-bond donors (Lipinski definition) is 1. The van der Waals surface area contributed by atoms with Crippen molar-refractivity contribution < 1.29 is 13.2 Å². The zero-order valence-electron chi connectivity index (χ0n) is 10.1. The van der Waals surface area contributed by atoms with Gasteiger partial charge < -0.3 is 9.73 Å². The fourth-order valence-corrected chi connectivity index (χ4v) is 2.43. The third-order valence-corrected chi connectivity index (χ3v) is 3.42. The van der Waals surface area contributed by atoms with Gasteiger partial charge >= 0.3 is 0 Å². The maximum Gasteiger partial charge on any atom is 0.248 e. The minimum absolute atomic E-state index is 0.0187. The normalized spacial score (nSPS) is 25.7. The Bertz CT molecular complexity index is 337. The molecule has 1 heterocycles. The zero-order chi connectivity index (χ0) is 12.3. The molecule has 17 heavy (non-hydrogen) atoms. The van der Waals surface area contributed by atoms with Gasteiger partial charge in [-0.2, -0.15) is 0 Å². The summed E-state index contributed by atoms with van der Waals surface area (Å²) in [6, 6.07) is 3.82. The van der Waals surface area contributed by atoms with E-state index in [1.807, 2.05) is 19.1 Å². The van der Waals surface area contributed by atoms with Crippen LogP contribution in [0.2, 0.25) is 0 Å². The molecular weight excluding hydrogens is 224 g/mol. The van der Waals surface area contributed by atoms with Crippen molar-refractivity contribution >= 4 is 0 Å². The summed E-state index contributed by atoms with van der Waals surface area (Å²) in [5.74, 6) is -1.53. The van der Waals surface area contributed by atoms with Gasteiger partial charge in [-0.3, -0.25) is 0 Å². The Morgan fingerprint density at radius 1 is 1.59 bits per heavy atom. The van der Waals surface area contributed by atoms with Crippen molar-refractivity contribution in [1.29, 1.82) is 0 Å². The summed E-state index contributed by atoms with van der Waals surface area (Å²) in [7, 11) is 0. The van der Waals surface area contributed by atoms with E-state index in [1.54, 1.807) is 6.26 Å². The predicted octanol–water partition coefficient (Wildman–Crippen LogP) is 3.76. The minimum atomic E-state index is -2.46. The molecular formula is C13H19F2NO. The largest absolute Gasteiger partial charge is 0.468 e. The van der Waals surface area contributed by atoms with Crippen LogP contribution in [-0.4, -0.2) is 12.5 Å². The highest BCUT2D eigenvalue weighted by atomic mass is 19.3. The molecule has 0 aromatic carbocycles. The molecule has 2 atom stereocenters. The molecule has 1 saturated carbocycles. The Morgan fingerprint density at radius 3 is 3.06 bits per heavy atom. The molecule has 1 aliphatic rings. The molecule has 2 rings (SSSR count). The number of alkyl halides is 2. The maximum atomic E-state index is 13.2. The predicted molar refractivity (Wildman–Crippen MR) is 62.0 cm³/mol. The van der Waals surface area contributed by atoms with E-state index in [-0.39, 0.29) is 24.8 Å². The monoisotopic (exact) mass is 243 g/mol. The van der Waals surface area contributed by atoms with E-state index in [0.717, 1.165) is 12.2 Å². The SMILES string of the molecule is C[C@H](NCC1CCCC(F)(F)C1)c1ccco1. The van der Waals surface area contributed by atoms with Crippen LogP contribution >= 0.6 is 0 Å². The van der Waals surface area contributed by atoms with Crippen molar-refractivity contribution in [1.82, 2.24) is 5.32 Å². The summed E-state index contributed by atoms with van der Waals surface area (Å²) >= 11 is 0. The van der Waals surface area contributed by atoms with E-state index >= 15 is 0 Å². The van der Waals surface area contributed by atoms with Gasteiger partial charge in [0.2, 0.25) is 5.92 Å². The van der Waals surface area contributed by atoms with Crippen LogP contribution in [0.15, 0.2) is 22.8 Å². The van der Waals surface area contributed by atoms with Gasteiger partial charge in [0.05, 0.1) is 12.3 Å². The number of nitrogens with one attached hydrogen (secondary N) is 1. The fraction of sp³-hybridized carbons (Fsp3) is 0.692. The lowest BCUT2D eigenvalue weighted by Gasteiger charge is -2.29. The first-order valence-corrected chi connectivity index (χ1v) is 6.21. The molecule has 1 N–H and O–H groups in total. The lowest BCUT2D eigenvalue weighted by molar-refractivity contribution is -0.0523. The molecule has 2 nitrogen and oxygen atoms in total. The third kappa shape index (κ3) is 3.53. The molecule has 96 valence electrons. The maximum absolute atomic E-state index is 13.2. The average Bonchev–Trinajstić information content (AvgIpc) is 2.78. The van der Waals surface area contributed by atoms with Gasteiger partial charge in [-0.15, -0.1) is 0 Å². The molecule has 0 spiro atoms. The van der Waals surface area contributed by atoms with Crippen LogP contribution in [0.4, 0.5) is 8.78 Å². The first-order chi connectivity index (χ1) is 8.07. The van der Waals surface area contributed by atoms with E-state index in [2.05, 4.69) is 5.32 Å². The summed E-state index contributed by atoms with van der Waals surface area (Å²) in [6.07, 6.45) is 3.23. The van der Waals surface area contributed by atoms with Crippen LogP contribution < -0.4 is 5.32 Å². The van der Waals surface area contributed by atoms with E-state index in [1.165, 1.54) is 0 Å². The minimum Gasteiger partial charge on any atom is -0.468 e. The van der Waals surface area contributed by atoms with E-state index < -0.39 is 5.92 Å². The van der Waals surface area contributed by atoms with Crippen LogP contribution in [0.3, 0.4) is 0 Å². The van der Waals surface area contributed by atoms with Crippen LogP contribution in [0.25, 0.3) is 0 Å². The highest BCUT2D eigenvalue weighted by Crippen LogP contribution is 2.36. The van der Waals surface area contributed by atoms with E-state index in [9.17, 15) is 8.78 Å². The van der Waals surface area contributed by atoms with Gasteiger partial charge in [0.15, 0.2) is 0 Å². The Labute approximate surface area is 100 Å². The lowest BCUT2D eigenvalue weighted by atomic mass is 9.86. The summed E-state index contributed by atoms with van der Waals surface area (Å²) < 4.78 is 31.7. The summed E-state index contributed by atoms with van der Waals surface area (Å²) in [5, 5.41) is 3.27. The quantitative estimate of drug-likeness (QED) is 0.871. The van der Waals surface area contributed by atoms with Gasteiger partial charge in [-0.1, -0.05) is 0 Å². The summed E-state index contributed by atoms with van der Waals surface area (Å²) in [4.78, 5) is 0. The number of hydrogen-bond acceptors (Lipinski definition) is 2. The summed E-state index contributed by atoms with van der Waals surface area (Å²) in [6.45, 7) is 2.62. The van der Waals surface area contributed by atoms with E-state index in [4.69, 9.17) is 4.42 Å².